The first-order valence-corrected chi connectivity index (χ1v) is 11.0. The first-order valence-electron chi connectivity index (χ1n) is 10.7. The number of para-hydroxylation sites is 2. The lowest BCUT2D eigenvalue weighted by Gasteiger charge is -2.40. The summed E-state index contributed by atoms with van der Waals surface area (Å²) < 4.78 is 7.81. The van der Waals surface area contributed by atoms with Gasteiger partial charge < -0.3 is 19.1 Å². The predicted molar refractivity (Wildman–Crippen MR) is 125 cm³/mol. The van der Waals surface area contributed by atoms with Crippen LogP contribution in [0.25, 0.3) is 11.0 Å². The fraction of sp³-hybridized carbons (Fsp3) is 0.417. The van der Waals surface area contributed by atoms with Gasteiger partial charge in [0.2, 0.25) is 5.95 Å². The van der Waals surface area contributed by atoms with Crippen molar-refractivity contribution in [1.82, 2.24) is 14.5 Å². The summed E-state index contributed by atoms with van der Waals surface area (Å²) in [6.45, 7) is 10.4. The van der Waals surface area contributed by atoms with Gasteiger partial charge >= 0.3 is 6.09 Å². The molecule has 0 radical (unpaired) electrons. The summed E-state index contributed by atoms with van der Waals surface area (Å²) in [6, 6.07) is 16.2. The highest BCUT2D eigenvalue weighted by molar-refractivity contribution is 6.30. The number of anilines is 1. The fourth-order valence-electron chi connectivity index (χ4n) is 3.96. The average Bonchev–Trinajstić information content (AvgIpc) is 3.06. The number of nitrogens with zero attached hydrogens (tertiary/aromatic N) is 4. The van der Waals surface area contributed by atoms with E-state index in [4.69, 9.17) is 21.3 Å². The molecule has 31 heavy (non-hydrogen) atoms. The Kier molecular flexibility index (Phi) is 5.84. The van der Waals surface area contributed by atoms with Crippen molar-refractivity contribution in [2.45, 2.75) is 45.9 Å². The molecule has 0 bridgehead atoms. The van der Waals surface area contributed by atoms with E-state index in [0.29, 0.717) is 26.2 Å². The van der Waals surface area contributed by atoms with Crippen LogP contribution in [0.2, 0.25) is 5.02 Å². The van der Waals surface area contributed by atoms with Crippen molar-refractivity contribution in [1.29, 1.82) is 0 Å². The van der Waals surface area contributed by atoms with E-state index in [0.717, 1.165) is 27.6 Å². The molecule has 1 aromatic heterocycles. The van der Waals surface area contributed by atoms with Crippen LogP contribution in [-0.2, 0) is 11.3 Å². The second kappa shape index (κ2) is 8.42. The van der Waals surface area contributed by atoms with Gasteiger partial charge in [-0.15, -0.1) is 0 Å². The lowest BCUT2D eigenvalue weighted by molar-refractivity contribution is 0.0218. The molecule has 0 N–H and O–H groups in total. The van der Waals surface area contributed by atoms with Crippen LogP contribution >= 0.6 is 11.6 Å². The molecule has 1 atom stereocenters. The van der Waals surface area contributed by atoms with Crippen molar-refractivity contribution in [2.24, 2.45) is 0 Å². The largest absolute Gasteiger partial charge is 0.444 e. The lowest BCUT2D eigenvalue weighted by Crippen LogP contribution is -2.55. The number of hydrogen-bond acceptors (Lipinski definition) is 4. The van der Waals surface area contributed by atoms with Gasteiger partial charge in [0.25, 0.3) is 0 Å². The Morgan fingerprint density at radius 3 is 2.52 bits per heavy atom. The minimum Gasteiger partial charge on any atom is -0.444 e. The van der Waals surface area contributed by atoms with Gasteiger partial charge in [0.15, 0.2) is 0 Å². The topological polar surface area (TPSA) is 50.6 Å². The second-order valence-electron chi connectivity index (χ2n) is 9.08. The Balaban J connectivity index is 1.61. The highest BCUT2D eigenvalue weighted by atomic mass is 35.5. The number of halogens is 1. The van der Waals surface area contributed by atoms with Crippen LogP contribution in [0, 0.1) is 0 Å². The van der Waals surface area contributed by atoms with Crippen molar-refractivity contribution in [2.75, 3.05) is 24.5 Å². The number of aromatic nitrogens is 2. The third kappa shape index (κ3) is 4.79. The van der Waals surface area contributed by atoms with Gasteiger partial charge in [-0.1, -0.05) is 35.9 Å². The molecular weight excluding hydrogens is 412 g/mol. The Labute approximate surface area is 188 Å². The summed E-state index contributed by atoms with van der Waals surface area (Å²) >= 11 is 6.07. The number of ether oxygens (including phenoxy) is 1. The maximum Gasteiger partial charge on any atom is 0.410 e. The number of piperazine rings is 1. The molecular formula is C24H29ClN4O2. The number of hydrogen-bond donors (Lipinski definition) is 0. The Hall–Kier alpha value is -2.73. The van der Waals surface area contributed by atoms with E-state index in [-0.39, 0.29) is 12.1 Å². The molecule has 1 amide bonds. The van der Waals surface area contributed by atoms with E-state index in [9.17, 15) is 4.79 Å². The molecule has 7 heteroatoms. The van der Waals surface area contributed by atoms with Crippen molar-refractivity contribution in [3.05, 3.63) is 59.1 Å². The van der Waals surface area contributed by atoms with Crippen LogP contribution in [-0.4, -0.2) is 51.8 Å². The number of imidazole rings is 1. The summed E-state index contributed by atoms with van der Waals surface area (Å²) in [5.74, 6) is 0.924. The summed E-state index contributed by atoms with van der Waals surface area (Å²) in [5.41, 5.74) is 2.72. The summed E-state index contributed by atoms with van der Waals surface area (Å²) in [6.07, 6.45) is -0.256. The predicted octanol–water partition coefficient (Wildman–Crippen LogP) is 5.18. The van der Waals surface area contributed by atoms with Crippen molar-refractivity contribution < 1.29 is 9.53 Å². The van der Waals surface area contributed by atoms with Crippen molar-refractivity contribution in [3.8, 4) is 0 Å². The summed E-state index contributed by atoms with van der Waals surface area (Å²) in [5, 5.41) is 0.728. The highest BCUT2D eigenvalue weighted by Gasteiger charge is 2.32. The third-order valence-electron chi connectivity index (χ3n) is 5.42. The lowest BCUT2D eigenvalue weighted by atomic mass is 10.2. The zero-order valence-corrected chi connectivity index (χ0v) is 19.3. The number of amides is 1. The third-order valence-corrected chi connectivity index (χ3v) is 5.68. The molecule has 1 fully saturated rings. The number of carbonyl (C=O) groups excluding carboxylic acids is 1. The van der Waals surface area contributed by atoms with E-state index in [2.05, 4.69) is 22.5 Å². The molecule has 1 saturated heterocycles. The molecule has 1 aliphatic heterocycles. The highest BCUT2D eigenvalue weighted by Crippen LogP contribution is 2.27. The molecule has 1 aliphatic rings. The van der Waals surface area contributed by atoms with E-state index >= 15 is 0 Å². The van der Waals surface area contributed by atoms with Crippen LogP contribution in [0.3, 0.4) is 0 Å². The van der Waals surface area contributed by atoms with Gasteiger partial charge in [-0.3, -0.25) is 0 Å². The first kappa shape index (κ1) is 21.5. The normalized spacial score (nSPS) is 17.3. The van der Waals surface area contributed by atoms with E-state index in [1.807, 2.05) is 63.2 Å². The maximum absolute atomic E-state index is 12.5. The van der Waals surface area contributed by atoms with Crippen LogP contribution < -0.4 is 4.90 Å². The average molecular weight is 441 g/mol. The smallest absolute Gasteiger partial charge is 0.410 e. The molecule has 2 aromatic carbocycles. The molecule has 164 valence electrons. The quantitative estimate of drug-likeness (QED) is 0.562. The molecule has 0 spiro atoms. The van der Waals surface area contributed by atoms with Crippen LogP contribution in [0.5, 0.6) is 0 Å². The minimum absolute atomic E-state index is 0.113. The number of rotatable bonds is 3. The number of carbonyl (C=O) groups is 1. The van der Waals surface area contributed by atoms with E-state index in [1.165, 1.54) is 0 Å². The Morgan fingerprint density at radius 1 is 1.13 bits per heavy atom. The Bertz CT molecular complexity index is 1070. The van der Waals surface area contributed by atoms with Gasteiger partial charge in [0.05, 0.1) is 17.6 Å². The Morgan fingerprint density at radius 2 is 1.84 bits per heavy atom. The van der Waals surface area contributed by atoms with Gasteiger partial charge in [-0.05, 0) is 57.5 Å². The number of fused-ring (bicyclic) bond motifs is 1. The monoisotopic (exact) mass is 440 g/mol. The SMILES string of the molecule is C[C@@H]1CN(C(=O)OC(C)(C)C)CCN1c1nc2ccccc2n1Cc1ccc(Cl)cc1. The molecule has 0 unspecified atom stereocenters. The van der Waals surface area contributed by atoms with E-state index in [1.54, 1.807) is 4.90 Å². The van der Waals surface area contributed by atoms with Crippen molar-refractivity contribution >= 4 is 34.7 Å². The molecule has 4 rings (SSSR count). The fourth-order valence-corrected chi connectivity index (χ4v) is 4.08. The molecule has 0 saturated carbocycles. The zero-order chi connectivity index (χ0) is 22.2. The van der Waals surface area contributed by atoms with Gasteiger partial charge in [-0.25, -0.2) is 9.78 Å². The molecule has 0 aliphatic carbocycles. The van der Waals surface area contributed by atoms with Crippen LogP contribution in [0.4, 0.5) is 10.7 Å². The minimum atomic E-state index is -0.496. The van der Waals surface area contributed by atoms with Gasteiger partial charge in [-0.2, -0.15) is 0 Å². The second-order valence-corrected chi connectivity index (χ2v) is 9.52. The number of benzene rings is 2. The molecule has 6 nitrogen and oxygen atoms in total. The van der Waals surface area contributed by atoms with Crippen LogP contribution in [0.1, 0.15) is 33.3 Å². The first-order chi connectivity index (χ1) is 14.7. The van der Waals surface area contributed by atoms with E-state index < -0.39 is 5.60 Å². The molecule has 2 heterocycles. The van der Waals surface area contributed by atoms with Gasteiger partial charge in [0, 0.05) is 30.7 Å². The van der Waals surface area contributed by atoms with Gasteiger partial charge in [0.1, 0.15) is 5.60 Å². The maximum atomic E-state index is 12.5. The van der Waals surface area contributed by atoms with Crippen LogP contribution in [0.15, 0.2) is 48.5 Å². The summed E-state index contributed by atoms with van der Waals surface area (Å²) in [7, 11) is 0. The zero-order valence-electron chi connectivity index (χ0n) is 18.5. The summed E-state index contributed by atoms with van der Waals surface area (Å²) in [4.78, 5) is 21.6. The molecule has 3 aromatic rings. The van der Waals surface area contributed by atoms with Crippen molar-refractivity contribution in [3.63, 3.8) is 0 Å². The standard InChI is InChI=1S/C24H29ClN4O2/c1-17-15-27(23(30)31-24(2,3)4)13-14-28(17)22-26-20-7-5-6-8-21(20)29(22)16-18-9-11-19(25)12-10-18/h5-12,17H,13-16H2,1-4H3/t17-/m1/s1.